The van der Waals surface area contributed by atoms with Crippen LogP contribution in [0.4, 0.5) is 0 Å². The number of aliphatic hydroxyl groups is 1. The molecule has 0 spiro atoms. The normalized spacial score (nSPS) is 34.2. The van der Waals surface area contributed by atoms with Gasteiger partial charge >= 0.3 is 0 Å². The lowest BCUT2D eigenvalue weighted by molar-refractivity contribution is 0.0288. The molecule has 2 nitrogen and oxygen atoms in total. The molecule has 3 rings (SSSR count). The number of aliphatic hydroxyl groups excluding tert-OH is 1. The van der Waals surface area contributed by atoms with Gasteiger partial charge in [0, 0.05) is 0 Å². The second kappa shape index (κ2) is 5.22. The van der Waals surface area contributed by atoms with E-state index in [9.17, 15) is 10.4 Å². The predicted octanol–water partition coefficient (Wildman–Crippen LogP) is 3.58. The van der Waals surface area contributed by atoms with Gasteiger partial charge in [0.15, 0.2) is 0 Å². The smallest absolute Gasteiger partial charge is 0.109 e. The molecule has 2 aliphatic rings. The van der Waals surface area contributed by atoms with E-state index in [1.807, 2.05) is 18.2 Å². The molecule has 2 aliphatic carbocycles. The molecule has 0 saturated heterocycles. The van der Waals surface area contributed by atoms with E-state index in [1.165, 1.54) is 18.4 Å². The first-order valence-electron chi connectivity index (χ1n) is 7.85. The van der Waals surface area contributed by atoms with E-state index >= 15 is 0 Å². The van der Waals surface area contributed by atoms with Gasteiger partial charge in [0.2, 0.25) is 0 Å². The summed E-state index contributed by atoms with van der Waals surface area (Å²) in [7, 11) is 0. The Balaban J connectivity index is 1.89. The van der Waals surface area contributed by atoms with Gasteiger partial charge in [0.25, 0.3) is 0 Å². The van der Waals surface area contributed by atoms with E-state index < -0.39 is 11.5 Å². The maximum Gasteiger partial charge on any atom is 0.109 e. The first-order valence-corrected chi connectivity index (χ1v) is 7.85. The van der Waals surface area contributed by atoms with Crippen LogP contribution in [-0.4, -0.2) is 11.2 Å². The summed E-state index contributed by atoms with van der Waals surface area (Å²) in [6.45, 7) is 2.29. The number of hydrogen-bond donors (Lipinski definition) is 1. The standard InChI is InChI=1S/C18H23NO/c1-13-6-8-15(9-7-13)17(20)18(12-19)11-10-14-4-2-3-5-16(14)18/h2-5,13,15,17,20H,6-11H2,1H3. The third-order valence-corrected chi connectivity index (χ3v) is 5.50. The van der Waals surface area contributed by atoms with Crippen molar-refractivity contribution in [3.05, 3.63) is 35.4 Å². The van der Waals surface area contributed by atoms with Crippen LogP contribution >= 0.6 is 0 Å². The maximum atomic E-state index is 10.9. The summed E-state index contributed by atoms with van der Waals surface area (Å²) in [5.41, 5.74) is 1.66. The van der Waals surface area contributed by atoms with Crippen LogP contribution in [-0.2, 0) is 11.8 Å². The van der Waals surface area contributed by atoms with E-state index in [4.69, 9.17) is 0 Å². The van der Waals surface area contributed by atoms with Gasteiger partial charge in [-0.05, 0) is 48.6 Å². The Morgan fingerprint density at radius 2 is 1.95 bits per heavy atom. The minimum atomic E-state index is -0.665. The van der Waals surface area contributed by atoms with Gasteiger partial charge in [-0.3, -0.25) is 0 Å². The van der Waals surface area contributed by atoms with Crippen LogP contribution in [0, 0.1) is 23.2 Å². The number of nitriles is 1. The highest BCUT2D eigenvalue weighted by Crippen LogP contribution is 2.46. The minimum Gasteiger partial charge on any atom is -0.391 e. The number of nitrogens with zero attached hydrogens (tertiary/aromatic N) is 1. The molecule has 0 amide bonds. The topological polar surface area (TPSA) is 44.0 Å². The van der Waals surface area contributed by atoms with Gasteiger partial charge in [-0.1, -0.05) is 44.0 Å². The first-order chi connectivity index (χ1) is 9.67. The second-order valence-electron chi connectivity index (χ2n) is 6.71. The third kappa shape index (κ3) is 2.05. The van der Waals surface area contributed by atoms with E-state index in [0.29, 0.717) is 0 Å². The van der Waals surface area contributed by atoms with Crippen LogP contribution in [0.1, 0.15) is 50.2 Å². The van der Waals surface area contributed by atoms with E-state index in [2.05, 4.69) is 19.1 Å². The Labute approximate surface area is 121 Å². The molecule has 1 saturated carbocycles. The number of benzene rings is 1. The number of rotatable bonds is 2. The van der Waals surface area contributed by atoms with Crippen molar-refractivity contribution in [3.8, 4) is 6.07 Å². The van der Waals surface area contributed by atoms with Gasteiger partial charge in [0.05, 0.1) is 12.2 Å². The van der Waals surface area contributed by atoms with Crippen LogP contribution in [0.25, 0.3) is 0 Å². The zero-order valence-electron chi connectivity index (χ0n) is 12.2. The molecule has 0 aliphatic heterocycles. The van der Waals surface area contributed by atoms with Crippen molar-refractivity contribution >= 4 is 0 Å². The molecule has 0 aromatic heterocycles. The largest absolute Gasteiger partial charge is 0.391 e. The third-order valence-electron chi connectivity index (χ3n) is 5.50. The quantitative estimate of drug-likeness (QED) is 0.891. The molecule has 2 unspecified atom stereocenters. The summed E-state index contributed by atoms with van der Waals surface area (Å²) in [6.07, 6.45) is 5.68. The molecule has 0 radical (unpaired) electrons. The number of aryl methyl sites for hydroxylation is 1. The highest BCUT2D eigenvalue weighted by atomic mass is 16.3. The zero-order chi connectivity index (χ0) is 14.2. The Morgan fingerprint density at radius 1 is 1.25 bits per heavy atom. The molecule has 1 aromatic rings. The Hall–Kier alpha value is -1.33. The molecule has 0 bridgehead atoms. The fourth-order valence-electron chi connectivity index (χ4n) is 4.13. The molecule has 1 fully saturated rings. The summed E-state index contributed by atoms with van der Waals surface area (Å²) in [6, 6.07) is 10.7. The monoisotopic (exact) mass is 269 g/mol. The first kappa shape index (κ1) is 13.6. The SMILES string of the molecule is CC1CCC(C(O)C2(C#N)CCc3ccccc32)CC1. The number of hydrogen-bond acceptors (Lipinski definition) is 2. The lowest BCUT2D eigenvalue weighted by atomic mass is 9.68. The fourth-order valence-corrected chi connectivity index (χ4v) is 4.13. The summed E-state index contributed by atoms with van der Waals surface area (Å²) in [5, 5.41) is 20.7. The summed E-state index contributed by atoms with van der Waals surface area (Å²) in [5.74, 6) is 1.06. The summed E-state index contributed by atoms with van der Waals surface area (Å²) in [4.78, 5) is 0. The van der Waals surface area contributed by atoms with Gasteiger partial charge in [0.1, 0.15) is 5.41 Å². The lowest BCUT2D eigenvalue weighted by Crippen LogP contribution is -2.42. The van der Waals surface area contributed by atoms with Crippen LogP contribution in [0.2, 0.25) is 0 Å². The highest BCUT2D eigenvalue weighted by molar-refractivity contribution is 5.45. The molecule has 1 N–H and O–H groups in total. The van der Waals surface area contributed by atoms with Crippen LogP contribution in [0.3, 0.4) is 0 Å². The maximum absolute atomic E-state index is 10.9. The molecule has 2 atom stereocenters. The van der Waals surface area contributed by atoms with Gasteiger partial charge in [-0.25, -0.2) is 0 Å². The van der Waals surface area contributed by atoms with Crippen molar-refractivity contribution in [1.29, 1.82) is 5.26 Å². The van der Waals surface area contributed by atoms with Gasteiger partial charge in [-0.2, -0.15) is 5.26 Å². The molecule has 20 heavy (non-hydrogen) atoms. The van der Waals surface area contributed by atoms with Crippen molar-refractivity contribution in [2.75, 3.05) is 0 Å². The van der Waals surface area contributed by atoms with Crippen molar-refractivity contribution in [2.45, 2.75) is 57.0 Å². The van der Waals surface area contributed by atoms with Crippen LogP contribution in [0.5, 0.6) is 0 Å². The average Bonchev–Trinajstić information content (AvgIpc) is 2.87. The van der Waals surface area contributed by atoms with Crippen LogP contribution < -0.4 is 0 Å². The molecule has 1 aromatic carbocycles. The van der Waals surface area contributed by atoms with Crippen molar-refractivity contribution in [3.63, 3.8) is 0 Å². The lowest BCUT2D eigenvalue weighted by Gasteiger charge is -2.37. The Kier molecular flexibility index (Phi) is 3.56. The fraction of sp³-hybridized carbons (Fsp3) is 0.611. The Bertz CT molecular complexity index is 524. The van der Waals surface area contributed by atoms with Crippen molar-refractivity contribution < 1.29 is 5.11 Å². The van der Waals surface area contributed by atoms with Crippen LogP contribution in [0.15, 0.2) is 24.3 Å². The summed E-state index contributed by atoms with van der Waals surface area (Å²) < 4.78 is 0. The van der Waals surface area contributed by atoms with Crippen molar-refractivity contribution in [2.24, 2.45) is 11.8 Å². The molecule has 106 valence electrons. The van der Waals surface area contributed by atoms with Gasteiger partial charge in [-0.15, -0.1) is 0 Å². The van der Waals surface area contributed by atoms with E-state index in [-0.39, 0.29) is 5.92 Å². The minimum absolute atomic E-state index is 0.289. The second-order valence-corrected chi connectivity index (χ2v) is 6.71. The van der Waals surface area contributed by atoms with E-state index in [1.54, 1.807) is 0 Å². The summed E-state index contributed by atoms with van der Waals surface area (Å²) >= 11 is 0. The number of fused-ring (bicyclic) bond motifs is 1. The van der Waals surface area contributed by atoms with Crippen molar-refractivity contribution in [1.82, 2.24) is 0 Å². The Morgan fingerprint density at radius 3 is 2.65 bits per heavy atom. The molecule has 2 heteroatoms. The molecular formula is C18H23NO. The molecular weight excluding hydrogens is 246 g/mol. The average molecular weight is 269 g/mol. The predicted molar refractivity (Wildman–Crippen MR) is 79.2 cm³/mol. The molecule has 0 heterocycles. The zero-order valence-corrected chi connectivity index (χ0v) is 12.2. The highest BCUT2D eigenvalue weighted by Gasteiger charge is 2.48. The van der Waals surface area contributed by atoms with Gasteiger partial charge < -0.3 is 5.11 Å². The van der Waals surface area contributed by atoms with E-state index in [0.717, 1.165) is 37.2 Å².